The molecule has 0 aliphatic heterocycles. The number of ether oxygens (including phenoxy) is 2. The second-order valence-electron chi connectivity index (χ2n) is 7.16. The number of rotatable bonds is 9. The van der Waals surface area contributed by atoms with Crippen LogP contribution in [0.15, 0.2) is 18.2 Å². The van der Waals surface area contributed by atoms with Crippen molar-refractivity contribution >= 4 is 23.3 Å². The molecule has 1 fully saturated rings. The van der Waals surface area contributed by atoms with Crippen LogP contribution in [0.4, 0.5) is 11.4 Å². The zero-order valence-electron chi connectivity index (χ0n) is 16.4. The molecule has 0 saturated heterocycles. The van der Waals surface area contributed by atoms with Crippen LogP contribution >= 0.6 is 0 Å². The van der Waals surface area contributed by atoms with E-state index in [1.807, 2.05) is 0 Å². The van der Waals surface area contributed by atoms with E-state index in [0.717, 1.165) is 25.7 Å². The SMILES string of the molecule is CCCCC1CCC(C(=O)OCC(=O)Nc2cc([N+](=O)[O-])ccc2OC)CC1. The summed E-state index contributed by atoms with van der Waals surface area (Å²) in [6, 6.07) is 3.89. The lowest BCUT2D eigenvalue weighted by Gasteiger charge is -2.27. The molecule has 0 aromatic heterocycles. The first-order valence-electron chi connectivity index (χ1n) is 9.73. The molecule has 0 unspecified atom stereocenters. The summed E-state index contributed by atoms with van der Waals surface area (Å²) in [7, 11) is 1.40. The Morgan fingerprint density at radius 2 is 1.96 bits per heavy atom. The number of benzene rings is 1. The zero-order chi connectivity index (χ0) is 20.5. The maximum atomic E-state index is 12.2. The number of nitrogens with zero attached hydrogens (tertiary/aromatic N) is 1. The lowest BCUT2D eigenvalue weighted by Crippen LogP contribution is -2.27. The van der Waals surface area contributed by atoms with Gasteiger partial charge in [-0.25, -0.2) is 0 Å². The number of hydrogen-bond donors (Lipinski definition) is 1. The van der Waals surface area contributed by atoms with Crippen LogP contribution in [0.3, 0.4) is 0 Å². The van der Waals surface area contributed by atoms with Crippen molar-refractivity contribution in [1.82, 2.24) is 0 Å². The van der Waals surface area contributed by atoms with Crippen LogP contribution in [0.5, 0.6) is 5.75 Å². The highest BCUT2D eigenvalue weighted by Crippen LogP contribution is 2.32. The van der Waals surface area contributed by atoms with Gasteiger partial charge in [-0.3, -0.25) is 19.7 Å². The fourth-order valence-electron chi connectivity index (χ4n) is 3.53. The third-order valence-electron chi connectivity index (χ3n) is 5.16. The molecule has 1 N–H and O–H groups in total. The Labute approximate surface area is 164 Å². The number of amides is 1. The van der Waals surface area contributed by atoms with Gasteiger partial charge in [-0.2, -0.15) is 0 Å². The molecule has 8 heteroatoms. The second kappa shape index (κ2) is 10.6. The van der Waals surface area contributed by atoms with E-state index in [9.17, 15) is 19.7 Å². The lowest BCUT2D eigenvalue weighted by molar-refractivity contribution is -0.384. The summed E-state index contributed by atoms with van der Waals surface area (Å²) in [6.45, 7) is 1.75. The lowest BCUT2D eigenvalue weighted by atomic mass is 9.80. The normalized spacial score (nSPS) is 18.9. The molecular weight excluding hydrogens is 364 g/mol. The van der Waals surface area contributed by atoms with Crippen LogP contribution in [-0.2, 0) is 14.3 Å². The average molecular weight is 392 g/mol. The minimum absolute atomic E-state index is 0.155. The minimum Gasteiger partial charge on any atom is -0.495 e. The summed E-state index contributed by atoms with van der Waals surface area (Å²) in [5.74, 6) is -0.0961. The molecule has 0 bridgehead atoms. The Morgan fingerprint density at radius 1 is 1.25 bits per heavy atom. The first-order chi connectivity index (χ1) is 13.4. The Hall–Kier alpha value is -2.64. The molecule has 1 saturated carbocycles. The van der Waals surface area contributed by atoms with Crippen molar-refractivity contribution in [2.75, 3.05) is 19.0 Å². The van der Waals surface area contributed by atoms with Crippen LogP contribution < -0.4 is 10.1 Å². The quantitative estimate of drug-likeness (QED) is 0.385. The zero-order valence-corrected chi connectivity index (χ0v) is 16.4. The first-order valence-corrected chi connectivity index (χ1v) is 9.73. The van der Waals surface area contributed by atoms with Crippen LogP contribution in [-0.4, -0.2) is 30.5 Å². The maximum absolute atomic E-state index is 12.2. The molecule has 28 heavy (non-hydrogen) atoms. The monoisotopic (exact) mass is 392 g/mol. The largest absolute Gasteiger partial charge is 0.495 e. The number of non-ortho nitro benzene ring substituents is 1. The molecule has 0 heterocycles. The number of esters is 1. The summed E-state index contributed by atoms with van der Waals surface area (Å²) in [6.07, 6.45) is 7.27. The van der Waals surface area contributed by atoms with Crippen molar-refractivity contribution in [2.24, 2.45) is 11.8 Å². The van der Waals surface area contributed by atoms with Crippen LogP contribution in [0.25, 0.3) is 0 Å². The number of anilines is 1. The number of hydrogen-bond acceptors (Lipinski definition) is 6. The van der Waals surface area contributed by atoms with Crippen LogP contribution in [0.1, 0.15) is 51.9 Å². The second-order valence-corrected chi connectivity index (χ2v) is 7.16. The van der Waals surface area contributed by atoms with E-state index in [2.05, 4.69) is 12.2 Å². The third kappa shape index (κ3) is 6.21. The van der Waals surface area contributed by atoms with Gasteiger partial charge < -0.3 is 14.8 Å². The molecule has 1 aromatic rings. The van der Waals surface area contributed by atoms with Gasteiger partial charge in [-0.15, -0.1) is 0 Å². The summed E-state index contributed by atoms with van der Waals surface area (Å²) in [5.41, 5.74) is -0.0119. The molecular formula is C20H28N2O6. The number of nitrogens with one attached hydrogen (secondary N) is 1. The smallest absolute Gasteiger partial charge is 0.309 e. The molecule has 0 radical (unpaired) electrons. The van der Waals surface area contributed by atoms with Crippen molar-refractivity contribution < 1.29 is 24.0 Å². The maximum Gasteiger partial charge on any atom is 0.309 e. The predicted molar refractivity (Wildman–Crippen MR) is 104 cm³/mol. The summed E-state index contributed by atoms with van der Waals surface area (Å²) in [5, 5.41) is 13.4. The van der Waals surface area contributed by atoms with Crippen LogP contribution in [0, 0.1) is 22.0 Å². The first kappa shape index (κ1) is 21.7. The van der Waals surface area contributed by atoms with E-state index >= 15 is 0 Å². The van der Waals surface area contributed by atoms with E-state index < -0.39 is 17.4 Å². The van der Waals surface area contributed by atoms with E-state index in [1.165, 1.54) is 44.6 Å². The van der Waals surface area contributed by atoms with Gasteiger partial charge in [-0.05, 0) is 37.7 Å². The number of unbranched alkanes of at least 4 members (excludes halogenated alkanes) is 1. The number of carbonyl (C=O) groups excluding carboxylic acids is 2. The molecule has 1 amide bonds. The van der Waals surface area contributed by atoms with Crippen molar-refractivity contribution in [1.29, 1.82) is 0 Å². The fourth-order valence-corrected chi connectivity index (χ4v) is 3.53. The van der Waals surface area contributed by atoms with Gasteiger partial charge in [0.15, 0.2) is 6.61 Å². The Balaban J connectivity index is 1.82. The van der Waals surface area contributed by atoms with Gasteiger partial charge in [0.25, 0.3) is 11.6 Å². The van der Waals surface area contributed by atoms with Crippen molar-refractivity contribution in [3.63, 3.8) is 0 Å². The van der Waals surface area contributed by atoms with E-state index in [1.54, 1.807) is 0 Å². The molecule has 2 rings (SSSR count). The highest BCUT2D eigenvalue weighted by molar-refractivity contribution is 5.94. The standard InChI is InChI=1S/C20H28N2O6/c1-3-4-5-14-6-8-15(9-7-14)20(24)28-13-19(23)21-17-12-16(22(25)26)10-11-18(17)27-2/h10-12,14-15H,3-9,13H2,1-2H3,(H,21,23). The Morgan fingerprint density at radius 3 is 2.57 bits per heavy atom. The minimum atomic E-state index is -0.566. The van der Waals surface area contributed by atoms with Crippen molar-refractivity contribution in [3.8, 4) is 5.75 Å². The highest BCUT2D eigenvalue weighted by atomic mass is 16.6. The van der Waals surface area contributed by atoms with Gasteiger partial charge in [-0.1, -0.05) is 26.2 Å². The number of methoxy groups -OCH3 is 1. The highest BCUT2D eigenvalue weighted by Gasteiger charge is 2.27. The molecule has 8 nitrogen and oxygen atoms in total. The van der Waals surface area contributed by atoms with E-state index in [4.69, 9.17) is 9.47 Å². The Bertz CT molecular complexity index is 698. The van der Waals surface area contributed by atoms with E-state index in [0.29, 0.717) is 5.92 Å². The molecule has 0 atom stereocenters. The number of carbonyl (C=O) groups is 2. The van der Waals surface area contributed by atoms with E-state index in [-0.39, 0.29) is 29.0 Å². The number of nitro benzene ring substituents is 1. The molecule has 1 aliphatic carbocycles. The average Bonchev–Trinajstić information content (AvgIpc) is 2.70. The van der Waals surface area contributed by atoms with Gasteiger partial charge >= 0.3 is 5.97 Å². The molecule has 1 aliphatic rings. The van der Waals surface area contributed by atoms with Gasteiger partial charge in [0, 0.05) is 12.1 Å². The summed E-state index contributed by atoms with van der Waals surface area (Å²) >= 11 is 0. The van der Waals surface area contributed by atoms with Crippen molar-refractivity contribution in [3.05, 3.63) is 28.3 Å². The molecule has 0 spiro atoms. The molecule has 154 valence electrons. The van der Waals surface area contributed by atoms with Gasteiger partial charge in [0.2, 0.25) is 0 Å². The van der Waals surface area contributed by atoms with Gasteiger partial charge in [0.1, 0.15) is 5.75 Å². The predicted octanol–water partition coefficient (Wildman–Crippen LogP) is 4.08. The molecule has 1 aromatic carbocycles. The Kier molecular flexibility index (Phi) is 8.22. The van der Waals surface area contributed by atoms with Crippen molar-refractivity contribution in [2.45, 2.75) is 51.9 Å². The van der Waals surface area contributed by atoms with Gasteiger partial charge in [0.05, 0.1) is 23.6 Å². The topological polar surface area (TPSA) is 108 Å². The summed E-state index contributed by atoms with van der Waals surface area (Å²) < 4.78 is 10.3. The van der Waals surface area contributed by atoms with Crippen LogP contribution in [0.2, 0.25) is 0 Å². The summed E-state index contributed by atoms with van der Waals surface area (Å²) in [4.78, 5) is 34.7. The number of nitro groups is 1. The third-order valence-corrected chi connectivity index (χ3v) is 5.16. The fraction of sp³-hybridized carbons (Fsp3) is 0.600.